The van der Waals surface area contributed by atoms with E-state index in [1.165, 1.54) is 0 Å². The monoisotopic (exact) mass is 281 g/mol. The van der Waals surface area contributed by atoms with Gasteiger partial charge in [-0.25, -0.2) is 0 Å². The highest BCUT2D eigenvalue weighted by molar-refractivity contribution is 9.10. The van der Waals surface area contributed by atoms with Crippen LogP contribution < -0.4 is 10.6 Å². The first kappa shape index (κ1) is 11.1. The molecule has 0 bridgehead atoms. The van der Waals surface area contributed by atoms with Crippen LogP contribution in [0.1, 0.15) is 6.42 Å². The summed E-state index contributed by atoms with van der Waals surface area (Å²) in [4.78, 5) is 17.5. The standard InChI is InChI=1S/C11H12BrN3O/c1-2-7-3-10(16)15(6-7)11-8(12)4-14-5-9(11)13/h2,4-5,7H,1,3,6,13H2. The van der Waals surface area contributed by atoms with E-state index < -0.39 is 0 Å². The van der Waals surface area contributed by atoms with Gasteiger partial charge in [0.05, 0.1) is 22.0 Å². The van der Waals surface area contributed by atoms with Crippen molar-refractivity contribution in [2.75, 3.05) is 17.2 Å². The highest BCUT2D eigenvalue weighted by Crippen LogP contribution is 2.35. The first-order valence-corrected chi connectivity index (χ1v) is 5.74. The number of amides is 1. The summed E-state index contributed by atoms with van der Waals surface area (Å²) in [6, 6.07) is 0. The number of halogens is 1. The molecular formula is C11H12BrN3O. The van der Waals surface area contributed by atoms with E-state index in [4.69, 9.17) is 5.73 Å². The van der Waals surface area contributed by atoms with Gasteiger partial charge in [-0.15, -0.1) is 6.58 Å². The molecule has 2 heterocycles. The van der Waals surface area contributed by atoms with E-state index in [-0.39, 0.29) is 11.8 Å². The second-order valence-corrected chi connectivity index (χ2v) is 4.62. The lowest BCUT2D eigenvalue weighted by molar-refractivity contribution is -0.117. The molecule has 0 spiro atoms. The Labute approximate surface area is 102 Å². The fourth-order valence-electron chi connectivity index (χ4n) is 1.84. The molecule has 1 atom stereocenters. The topological polar surface area (TPSA) is 59.2 Å². The molecule has 1 aliphatic heterocycles. The molecule has 0 saturated carbocycles. The maximum atomic E-state index is 11.8. The van der Waals surface area contributed by atoms with Crippen LogP contribution in [-0.4, -0.2) is 17.4 Å². The molecule has 1 amide bonds. The van der Waals surface area contributed by atoms with Gasteiger partial charge in [0.2, 0.25) is 5.91 Å². The quantitative estimate of drug-likeness (QED) is 0.844. The lowest BCUT2D eigenvalue weighted by Crippen LogP contribution is -2.25. The molecule has 84 valence electrons. The van der Waals surface area contributed by atoms with Crippen LogP contribution in [0.25, 0.3) is 0 Å². The minimum Gasteiger partial charge on any atom is -0.396 e. The van der Waals surface area contributed by atoms with E-state index in [1.807, 2.05) is 6.08 Å². The zero-order valence-electron chi connectivity index (χ0n) is 8.69. The summed E-state index contributed by atoms with van der Waals surface area (Å²) in [6.45, 7) is 4.35. The van der Waals surface area contributed by atoms with Crippen molar-refractivity contribution in [3.8, 4) is 0 Å². The van der Waals surface area contributed by atoms with Gasteiger partial charge in [-0.3, -0.25) is 9.78 Å². The predicted octanol–water partition coefficient (Wildman–Crippen LogP) is 1.97. The Morgan fingerprint density at radius 1 is 1.62 bits per heavy atom. The number of carbonyl (C=O) groups is 1. The van der Waals surface area contributed by atoms with Gasteiger partial charge < -0.3 is 10.6 Å². The van der Waals surface area contributed by atoms with E-state index in [9.17, 15) is 4.79 Å². The second kappa shape index (κ2) is 4.25. The number of rotatable bonds is 2. The van der Waals surface area contributed by atoms with Crippen molar-refractivity contribution in [2.24, 2.45) is 5.92 Å². The van der Waals surface area contributed by atoms with E-state index in [0.29, 0.717) is 24.3 Å². The van der Waals surface area contributed by atoms with E-state index >= 15 is 0 Å². The second-order valence-electron chi connectivity index (χ2n) is 3.76. The minimum atomic E-state index is 0.0727. The number of aromatic nitrogens is 1. The van der Waals surface area contributed by atoms with Gasteiger partial charge in [0.25, 0.3) is 0 Å². The smallest absolute Gasteiger partial charge is 0.227 e. The molecule has 1 saturated heterocycles. The maximum Gasteiger partial charge on any atom is 0.227 e. The fraction of sp³-hybridized carbons (Fsp3) is 0.273. The summed E-state index contributed by atoms with van der Waals surface area (Å²) in [5.74, 6) is 0.274. The molecule has 1 unspecified atom stereocenters. The summed E-state index contributed by atoms with van der Waals surface area (Å²) in [6.07, 6.45) is 5.50. The van der Waals surface area contributed by atoms with Crippen molar-refractivity contribution in [3.05, 3.63) is 29.5 Å². The number of hydrogen-bond acceptors (Lipinski definition) is 3. The van der Waals surface area contributed by atoms with Gasteiger partial charge in [-0.05, 0) is 15.9 Å². The molecule has 5 heteroatoms. The van der Waals surface area contributed by atoms with Crippen molar-refractivity contribution in [1.29, 1.82) is 0 Å². The number of anilines is 2. The Bertz CT molecular complexity index is 427. The van der Waals surface area contributed by atoms with Crippen LogP contribution in [0.3, 0.4) is 0 Å². The van der Waals surface area contributed by atoms with E-state index in [0.717, 1.165) is 4.47 Å². The normalized spacial score (nSPS) is 20.2. The first-order chi connectivity index (χ1) is 7.63. The summed E-state index contributed by atoms with van der Waals surface area (Å²) in [5, 5.41) is 0. The van der Waals surface area contributed by atoms with Crippen LogP contribution in [0.15, 0.2) is 29.5 Å². The zero-order valence-corrected chi connectivity index (χ0v) is 10.3. The SMILES string of the molecule is C=CC1CC(=O)N(c2c(N)cncc2Br)C1. The minimum absolute atomic E-state index is 0.0727. The fourth-order valence-corrected chi connectivity index (χ4v) is 2.40. The Morgan fingerprint density at radius 2 is 2.38 bits per heavy atom. The van der Waals surface area contributed by atoms with Crippen molar-refractivity contribution in [3.63, 3.8) is 0 Å². The average Bonchev–Trinajstić information content (AvgIpc) is 2.60. The molecular weight excluding hydrogens is 270 g/mol. The van der Waals surface area contributed by atoms with Gasteiger partial charge in [0.15, 0.2) is 0 Å². The number of pyridine rings is 1. The summed E-state index contributed by atoms with van der Waals surface area (Å²) < 4.78 is 0.741. The lowest BCUT2D eigenvalue weighted by atomic mass is 10.1. The van der Waals surface area contributed by atoms with Gasteiger partial charge in [-0.1, -0.05) is 6.08 Å². The maximum absolute atomic E-state index is 11.8. The number of hydrogen-bond donors (Lipinski definition) is 1. The van der Waals surface area contributed by atoms with Crippen LogP contribution >= 0.6 is 15.9 Å². The third-order valence-corrected chi connectivity index (χ3v) is 3.24. The third kappa shape index (κ3) is 1.82. The van der Waals surface area contributed by atoms with E-state index in [2.05, 4.69) is 27.5 Å². The molecule has 1 aliphatic rings. The van der Waals surface area contributed by atoms with Crippen molar-refractivity contribution >= 4 is 33.2 Å². The number of carbonyl (C=O) groups excluding carboxylic acids is 1. The van der Waals surface area contributed by atoms with Gasteiger partial charge in [-0.2, -0.15) is 0 Å². The largest absolute Gasteiger partial charge is 0.396 e. The molecule has 0 radical (unpaired) electrons. The predicted molar refractivity (Wildman–Crippen MR) is 67.0 cm³/mol. The zero-order chi connectivity index (χ0) is 11.7. The summed E-state index contributed by atoms with van der Waals surface area (Å²) >= 11 is 3.36. The average molecular weight is 282 g/mol. The van der Waals surface area contributed by atoms with Gasteiger partial charge in [0.1, 0.15) is 0 Å². The number of nitrogens with zero attached hydrogens (tertiary/aromatic N) is 2. The lowest BCUT2D eigenvalue weighted by Gasteiger charge is -2.19. The molecule has 0 aromatic carbocycles. The number of nitrogen functional groups attached to an aromatic ring is 1. The third-order valence-electron chi connectivity index (χ3n) is 2.66. The Kier molecular flexibility index (Phi) is 2.96. The molecule has 1 aromatic heterocycles. The summed E-state index contributed by atoms with van der Waals surface area (Å²) in [7, 11) is 0. The molecule has 16 heavy (non-hydrogen) atoms. The van der Waals surface area contributed by atoms with Crippen LogP contribution in [0.5, 0.6) is 0 Å². The van der Waals surface area contributed by atoms with Crippen molar-refractivity contribution in [1.82, 2.24) is 4.98 Å². The van der Waals surface area contributed by atoms with Crippen LogP contribution in [-0.2, 0) is 4.79 Å². The molecule has 1 fully saturated rings. The van der Waals surface area contributed by atoms with Crippen LogP contribution in [0, 0.1) is 5.92 Å². The van der Waals surface area contributed by atoms with Crippen LogP contribution in [0.4, 0.5) is 11.4 Å². The Balaban J connectivity index is 2.38. The molecule has 4 nitrogen and oxygen atoms in total. The molecule has 1 aromatic rings. The highest BCUT2D eigenvalue weighted by Gasteiger charge is 2.31. The molecule has 2 rings (SSSR count). The van der Waals surface area contributed by atoms with E-state index in [1.54, 1.807) is 17.3 Å². The number of nitrogens with two attached hydrogens (primary N) is 1. The van der Waals surface area contributed by atoms with Crippen molar-refractivity contribution < 1.29 is 4.79 Å². The summed E-state index contributed by atoms with van der Waals surface area (Å²) in [5.41, 5.74) is 7.06. The Hall–Kier alpha value is -1.36. The molecule has 0 aliphatic carbocycles. The van der Waals surface area contributed by atoms with Gasteiger partial charge >= 0.3 is 0 Å². The highest BCUT2D eigenvalue weighted by atomic mass is 79.9. The van der Waals surface area contributed by atoms with Gasteiger partial charge in [0, 0.05) is 25.1 Å². The molecule has 2 N–H and O–H groups in total. The van der Waals surface area contributed by atoms with Crippen LogP contribution in [0.2, 0.25) is 0 Å². The van der Waals surface area contributed by atoms with Crippen molar-refractivity contribution in [2.45, 2.75) is 6.42 Å². The Morgan fingerprint density at radius 3 is 2.94 bits per heavy atom. The first-order valence-electron chi connectivity index (χ1n) is 4.95.